The van der Waals surface area contributed by atoms with Gasteiger partial charge in [0.1, 0.15) is 0 Å². The number of hydrogen-bond donors (Lipinski definition) is 1. The van der Waals surface area contributed by atoms with Crippen LogP contribution in [0.4, 0.5) is 4.39 Å². The van der Waals surface area contributed by atoms with Crippen LogP contribution in [-0.2, 0) is 4.79 Å². The zero-order valence-corrected chi connectivity index (χ0v) is 8.89. The lowest BCUT2D eigenvalue weighted by Crippen LogP contribution is -2.29. The van der Waals surface area contributed by atoms with Crippen LogP contribution in [0.25, 0.3) is 0 Å². The van der Waals surface area contributed by atoms with Gasteiger partial charge in [-0.15, -0.1) is 0 Å². The number of rotatable bonds is 4. The average molecular weight is 235 g/mol. The van der Waals surface area contributed by atoms with E-state index < -0.39 is 17.9 Å². The number of nitriles is 1. The van der Waals surface area contributed by atoms with Crippen LogP contribution in [0.2, 0.25) is 0 Å². The van der Waals surface area contributed by atoms with Gasteiger partial charge in [-0.05, 0) is 31.0 Å². The molecule has 0 heterocycles. The molecule has 1 aromatic carbocycles. The second-order valence-corrected chi connectivity index (χ2v) is 3.97. The molecular weight excluding hydrogens is 225 g/mol. The van der Waals surface area contributed by atoms with Crippen LogP contribution in [0.15, 0.2) is 18.2 Å². The summed E-state index contributed by atoms with van der Waals surface area (Å²) in [5, 5.41) is 17.5. The monoisotopic (exact) mass is 235 g/mol. The highest BCUT2D eigenvalue weighted by Crippen LogP contribution is 2.35. The van der Waals surface area contributed by atoms with E-state index in [1.54, 1.807) is 6.07 Å². The summed E-state index contributed by atoms with van der Waals surface area (Å²) in [5.74, 6) is -1.96. The summed E-state index contributed by atoms with van der Waals surface area (Å²) in [7, 11) is 0. The number of hydrogen-bond acceptors (Lipinski definition) is 3. The Balaban J connectivity index is 2.17. The lowest BCUT2D eigenvalue weighted by molar-refractivity contribution is -0.146. The minimum absolute atomic E-state index is 0.0393. The smallest absolute Gasteiger partial charge is 0.345 e. The molecule has 1 N–H and O–H groups in total. The van der Waals surface area contributed by atoms with Crippen molar-refractivity contribution < 1.29 is 19.0 Å². The number of carboxylic acid groups (broad SMARTS) is 1. The molecule has 1 unspecified atom stereocenters. The first-order chi connectivity index (χ1) is 8.11. The first kappa shape index (κ1) is 11.4. The third-order valence-electron chi connectivity index (χ3n) is 2.61. The fourth-order valence-corrected chi connectivity index (χ4v) is 1.55. The lowest BCUT2D eigenvalue weighted by atomic mass is 10.2. The summed E-state index contributed by atoms with van der Waals surface area (Å²) < 4.78 is 18.6. The highest BCUT2D eigenvalue weighted by atomic mass is 19.1. The molecule has 5 heteroatoms. The van der Waals surface area contributed by atoms with Crippen molar-refractivity contribution in [3.05, 3.63) is 29.6 Å². The largest absolute Gasteiger partial charge is 0.478 e. The molecule has 1 saturated carbocycles. The van der Waals surface area contributed by atoms with Gasteiger partial charge >= 0.3 is 5.97 Å². The Morgan fingerprint density at radius 1 is 1.59 bits per heavy atom. The Bertz CT molecular complexity index is 491. The normalized spacial score (nSPS) is 16.0. The zero-order valence-electron chi connectivity index (χ0n) is 8.89. The summed E-state index contributed by atoms with van der Waals surface area (Å²) in [6.45, 7) is 0. The fraction of sp³-hybridized carbons (Fsp3) is 0.333. The predicted octanol–water partition coefficient (Wildman–Crippen LogP) is 1.94. The molecule has 88 valence electrons. The predicted molar refractivity (Wildman–Crippen MR) is 55.9 cm³/mol. The first-order valence-electron chi connectivity index (χ1n) is 5.21. The van der Waals surface area contributed by atoms with E-state index in [1.165, 1.54) is 12.1 Å². The highest BCUT2D eigenvalue weighted by Gasteiger charge is 2.38. The van der Waals surface area contributed by atoms with Gasteiger partial charge < -0.3 is 9.84 Å². The second-order valence-electron chi connectivity index (χ2n) is 3.97. The molecular formula is C12H10FNO3. The first-order valence-corrected chi connectivity index (χ1v) is 5.21. The van der Waals surface area contributed by atoms with Gasteiger partial charge in [0, 0.05) is 5.92 Å². The molecule has 0 spiro atoms. The molecule has 0 bridgehead atoms. The van der Waals surface area contributed by atoms with Crippen LogP contribution in [0.1, 0.15) is 18.4 Å². The maximum absolute atomic E-state index is 13.5. The minimum atomic E-state index is -1.09. The van der Waals surface area contributed by atoms with Gasteiger partial charge in [0.15, 0.2) is 17.7 Å². The summed E-state index contributed by atoms with van der Waals surface area (Å²) in [6, 6.07) is 5.50. The van der Waals surface area contributed by atoms with Crippen LogP contribution >= 0.6 is 0 Å². The number of benzene rings is 1. The van der Waals surface area contributed by atoms with Crippen molar-refractivity contribution >= 4 is 5.97 Å². The van der Waals surface area contributed by atoms with E-state index in [2.05, 4.69) is 0 Å². The Labute approximate surface area is 97.2 Å². The molecule has 17 heavy (non-hydrogen) atoms. The molecule has 1 fully saturated rings. The van der Waals surface area contributed by atoms with E-state index in [1.807, 2.05) is 0 Å². The Kier molecular flexibility index (Phi) is 2.96. The van der Waals surface area contributed by atoms with Crippen LogP contribution < -0.4 is 4.74 Å². The van der Waals surface area contributed by atoms with E-state index >= 15 is 0 Å². The average Bonchev–Trinajstić information content (AvgIpc) is 3.10. The van der Waals surface area contributed by atoms with Crippen molar-refractivity contribution in [2.24, 2.45) is 5.92 Å². The lowest BCUT2D eigenvalue weighted by Gasteiger charge is -2.14. The number of nitrogens with zero attached hydrogens (tertiary/aromatic N) is 1. The summed E-state index contributed by atoms with van der Waals surface area (Å²) >= 11 is 0. The third-order valence-corrected chi connectivity index (χ3v) is 2.61. The maximum atomic E-state index is 13.5. The molecule has 0 aromatic heterocycles. The Morgan fingerprint density at radius 2 is 2.29 bits per heavy atom. The van der Waals surface area contributed by atoms with Crippen molar-refractivity contribution in [1.82, 2.24) is 0 Å². The summed E-state index contributed by atoms with van der Waals surface area (Å²) in [4.78, 5) is 10.9. The van der Waals surface area contributed by atoms with Gasteiger partial charge in [-0.2, -0.15) is 5.26 Å². The quantitative estimate of drug-likeness (QED) is 0.865. The Hall–Kier alpha value is -2.09. The third kappa shape index (κ3) is 2.53. The van der Waals surface area contributed by atoms with Crippen LogP contribution in [0, 0.1) is 23.1 Å². The second kappa shape index (κ2) is 4.42. The minimum Gasteiger partial charge on any atom is -0.478 e. The van der Waals surface area contributed by atoms with Gasteiger partial charge in [0.2, 0.25) is 0 Å². The molecule has 1 atom stereocenters. The van der Waals surface area contributed by atoms with E-state index in [4.69, 9.17) is 15.1 Å². The molecule has 0 aliphatic heterocycles. The van der Waals surface area contributed by atoms with Gasteiger partial charge in [0.05, 0.1) is 11.6 Å². The van der Waals surface area contributed by atoms with E-state index in [0.717, 1.165) is 18.9 Å². The van der Waals surface area contributed by atoms with Crippen molar-refractivity contribution in [1.29, 1.82) is 5.26 Å². The van der Waals surface area contributed by atoms with Crippen molar-refractivity contribution in [2.75, 3.05) is 0 Å². The standard InChI is InChI=1S/C12H10FNO3/c13-9-5-7(6-14)1-4-10(9)17-11(12(15)16)8-2-3-8/h1,4-5,8,11H,2-3H2,(H,15,16). The topological polar surface area (TPSA) is 70.3 Å². The molecule has 1 aromatic rings. The number of carboxylic acids is 1. The molecule has 0 saturated heterocycles. The van der Waals surface area contributed by atoms with Gasteiger partial charge in [-0.3, -0.25) is 0 Å². The maximum Gasteiger partial charge on any atom is 0.345 e. The Morgan fingerprint density at radius 3 is 2.76 bits per heavy atom. The van der Waals surface area contributed by atoms with E-state index in [0.29, 0.717) is 0 Å². The van der Waals surface area contributed by atoms with Crippen molar-refractivity contribution in [3.8, 4) is 11.8 Å². The summed E-state index contributed by atoms with van der Waals surface area (Å²) in [5.41, 5.74) is 0.174. The summed E-state index contributed by atoms with van der Waals surface area (Å²) in [6.07, 6.45) is 0.571. The van der Waals surface area contributed by atoms with Crippen LogP contribution in [0.3, 0.4) is 0 Å². The molecule has 1 aliphatic carbocycles. The van der Waals surface area contributed by atoms with Crippen molar-refractivity contribution in [3.63, 3.8) is 0 Å². The SMILES string of the molecule is N#Cc1ccc(OC(C(=O)O)C2CC2)c(F)c1. The van der Waals surface area contributed by atoms with E-state index in [9.17, 15) is 9.18 Å². The van der Waals surface area contributed by atoms with Crippen LogP contribution in [0.5, 0.6) is 5.75 Å². The van der Waals surface area contributed by atoms with Gasteiger partial charge in [-0.1, -0.05) is 0 Å². The number of carbonyl (C=O) groups is 1. The molecule has 4 nitrogen and oxygen atoms in total. The van der Waals surface area contributed by atoms with Crippen molar-refractivity contribution in [2.45, 2.75) is 18.9 Å². The number of aliphatic carboxylic acids is 1. The molecule has 0 radical (unpaired) electrons. The number of halogens is 1. The van der Waals surface area contributed by atoms with E-state index in [-0.39, 0.29) is 17.2 Å². The van der Waals surface area contributed by atoms with Crippen LogP contribution in [-0.4, -0.2) is 17.2 Å². The fourth-order valence-electron chi connectivity index (χ4n) is 1.55. The molecule has 2 rings (SSSR count). The molecule has 1 aliphatic rings. The number of ether oxygens (including phenoxy) is 1. The zero-order chi connectivity index (χ0) is 12.4. The van der Waals surface area contributed by atoms with Gasteiger partial charge in [-0.25, -0.2) is 9.18 Å². The highest BCUT2D eigenvalue weighted by molar-refractivity contribution is 5.73. The van der Waals surface area contributed by atoms with Gasteiger partial charge in [0.25, 0.3) is 0 Å². The molecule has 0 amide bonds.